The molecule has 0 aliphatic carbocycles. The summed E-state index contributed by atoms with van der Waals surface area (Å²) in [6.45, 7) is 0. The predicted molar refractivity (Wildman–Crippen MR) is 76.0 cm³/mol. The van der Waals surface area contributed by atoms with E-state index in [1.165, 1.54) is 0 Å². The van der Waals surface area contributed by atoms with Crippen LogP contribution in [-0.2, 0) is 0 Å². The van der Waals surface area contributed by atoms with Gasteiger partial charge in [0.2, 0.25) is 0 Å². The number of hydrogen-bond acceptors (Lipinski definition) is 2. The van der Waals surface area contributed by atoms with E-state index in [1.54, 1.807) is 0 Å². The summed E-state index contributed by atoms with van der Waals surface area (Å²) in [6, 6.07) is 18.9. The van der Waals surface area contributed by atoms with Crippen molar-refractivity contribution in [2.45, 2.75) is 25.4 Å². The highest BCUT2D eigenvalue weighted by Gasteiger charge is 2.09. The van der Waals surface area contributed by atoms with Crippen LogP contribution in [0.3, 0.4) is 0 Å². The first-order valence-corrected chi connectivity index (χ1v) is 6.58. The van der Waals surface area contributed by atoms with Crippen molar-refractivity contribution in [2.24, 2.45) is 0 Å². The maximum Gasteiger partial charge on any atom is 0.162 e. The van der Waals surface area contributed by atoms with Gasteiger partial charge < -0.3 is 5.11 Å². The molecule has 19 heavy (non-hydrogen) atoms. The Morgan fingerprint density at radius 1 is 0.947 bits per heavy atom. The smallest absolute Gasteiger partial charge is 0.162 e. The van der Waals surface area contributed by atoms with Gasteiger partial charge in [0.1, 0.15) is 0 Å². The molecule has 0 aliphatic heterocycles. The molecule has 1 atom stereocenters. The molecule has 0 aromatic heterocycles. The molecule has 0 saturated heterocycles. The number of carbonyl (C=O) groups excluding carboxylic acids is 1. The van der Waals surface area contributed by atoms with Crippen molar-refractivity contribution in [2.75, 3.05) is 0 Å². The van der Waals surface area contributed by atoms with Crippen molar-refractivity contribution in [3.8, 4) is 0 Å². The van der Waals surface area contributed by atoms with Crippen LogP contribution in [0.1, 0.15) is 41.3 Å². The van der Waals surface area contributed by atoms with E-state index in [9.17, 15) is 9.90 Å². The van der Waals surface area contributed by atoms with E-state index in [0.717, 1.165) is 11.1 Å². The maximum absolute atomic E-state index is 11.9. The number of hydrogen-bond donors (Lipinski definition) is 1. The summed E-state index contributed by atoms with van der Waals surface area (Å²) < 4.78 is 0. The lowest BCUT2D eigenvalue weighted by Gasteiger charge is -2.10. The molecule has 2 heteroatoms. The zero-order chi connectivity index (χ0) is 13.5. The summed E-state index contributed by atoms with van der Waals surface area (Å²) >= 11 is 0. The first kappa shape index (κ1) is 13.5. The van der Waals surface area contributed by atoms with E-state index in [1.807, 2.05) is 60.7 Å². The van der Waals surface area contributed by atoms with Gasteiger partial charge in [0.05, 0.1) is 6.10 Å². The number of aliphatic hydroxyl groups is 1. The zero-order valence-corrected chi connectivity index (χ0v) is 10.8. The minimum absolute atomic E-state index is 0.140. The first-order valence-electron chi connectivity index (χ1n) is 6.58. The highest BCUT2D eigenvalue weighted by Crippen LogP contribution is 2.19. The third kappa shape index (κ3) is 4.04. The molecule has 2 rings (SSSR count). The lowest BCUT2D eigenvalue weighted by atomic mass is 10.0. The highest BCUT2D eigenvalue weighted by molar-refractivity contribution is 5.95. The molecule has 0 bridgehead atoms. The molecule has 0 spiro atoms. The quantitative estimate of drug-likeness (QED) is 0.797. The summed E-state index contributed by atoms with van der Waals surface area (Å²) in [7, 11) is 0. The molecule has 98 valence electrons. The van der Waals surface area contributed by atoms with Crippen molar-refractivity contribution in [3.05, 3.63) is 71.8 Å². The summed E-state index contributed by atoms with van der Waals surface area (Å²) in [5.41, 5.74) is 1.66. The molecule has 0 fully saturated rings. The number of Topliss-reactive ketones (excluding diaryl/α,β-unsaturated/α-hetero) is 1. The summed E-state index contributed by atoms with van der Waals surface area (Å²) in [5, 5.41) is 9.99. The fourth-order valence-corrected chi connectivity index (χ4v) is 2.07. The Hall–Kier alpha value is -1.93. The maximum atomic E-state index is 11.9. The molecule has 1 N–H and O–H groups in total. The van der Waals surface area contributed by atoms with E-state index >= 15 is 0 Å². The average Bonchev–Trinajstić information content (AvgIpc) is 2.49. The lowest BCUT2D eigenvalue weighted by Crippen LogP contribution is -2.02. The molecule has 2 aromatic carbocycles. The Balaban J connectivity index is 1.79. The Kier molecular flexibility index (Phi) is 4.87. The standard InChI is InChI=1S/C17H18O2/c18-16(14-8-3-1-4-9-14)12-7-13-17(19)15-10-5-2-6-11-15/h1-6,8-11,16,18H,7,12-13H2. The van der Waals surface area contributed by atoms with Crippen molar-refractivity contribution < 1.29 is 9.90 Å². The fourth-order valence-electron chi connectivity index (χ4n) is 2.07. The SMILES string of the molecule is O=C(CCCC(O)c1ccccc1)c1ccccc1. The van der Waals surface area contributed by atoms with Crippen LogP contribution in [0.4, 0.5) is 0 Å². The Labute approximate surface area is 113 Å². The molecule has 2 nitrogen and oxygen atoms in total. The van der Waals surface area contributed by atoms with Gasteiger partial charge in [-0.05, 0) is 18.4 Å². The van der Waals surface area contributed by atoms with E-state index in [-0.39, 0.29) is 5.78 Å². The Morgan fingerprint density at radius 3 is 2.16 bits per heavy atom. The van der Waals surface area contributed by atoms with Crippen LogP contribution in [-0.4, -0.2) is 10.9 Å². The van der Waals surface area contributed by atoms with Crippen LogP contribution >= 0.6 is 0 Å². The molecule has 0 aliphatic rings. The average molecular weight is 254 g/mol. The van der Waals surface area contributed by atoms with Crippen molar-refractivity contribution in [1.82, 2.24) is 0 Å². The largest absolute Gasteiger partial charge is 0.388 e. The second kappa shape index (κ2) is 6.86. The number of carbonyl (C=O) groups is 1. The van der Waals surface area contributed by atoms with Gasteiger partial charge in [-0.2, -0.15) is 0 Å². The molecular formula is C17H18O2. The molecule has 1 unspecified atom stereocenters. The van der Waals surface area contributed by atoms with Crippen LogP contribution in [0.5, 0.6) is 0 Å². The van der Waals surface area contributed by atoms with E-state index in [0.29, 0.717) is 19.3 Å². The van der Waals surface area contributed by atoms with Gasteiger partial charge in [-0.3, -0.25) is 4.79 Å². The first-order chi connectivity index (χ1) is 9.27. The topological polar surface area (TPSA) is 37.3 Å². The minimum Gasteiger partial charge on any atom is -0.388 e. The van der Waals surface area contributed by atoms with Crippen molar-refractivity contribution >= 4 is 5.78 Å². The van der Waals surface area contributed by atoms with Crippen LogP contribution in [0, 0.1) is 0 Å². The zero-order valence-electron chi connectivity index (χ0n) is 10.8. The monoisotopic (exact) mass is 254 g/mol. The summed E-state index contributed by atoms with van der Waals surface area (Å²) in [4.78, 5) is 11.9. The Bertz CT molecular complexity index is 505. The van der Waals surface area contributed by atoms with Gasteiger partial charge in [-0.1, -0.05) is 60.7 Å². The van der Waals surface area contributed by atoms with E-state index in [2.05, 4.69) is 0 Å². The van der Waals surface area contributed by atoms with Crippen molar-refractivity contribution in [1.29, 1.82) is 0 Å². The summed E-state index contributed by atoms with van der Waals surface area (Å²) in [6.07, 6.45) is 1.31. The number of ketones is 1. The van der Waals surface area contributed by atoms with E-state index < -0.39 is 6.10 Å². The molecule has 0 radical (unpaired) electrons. The lowest BCUT2D eigenvalue weighted by molar-refractivity contribution is 0.0969. The summed E-state index contributed by atoms with van der Waals surface area (Å²) in [5.74, 6) is 0.140. The molecule has 0 amide bonds. The molecular weight excluding hydrogens is 236 g/mol. The minimum atomic E-state index is -0.482. The third-order valence-corrected chi connectivity index (χ3v) is 3.16. The van der Waals surface area contributed by atoms with Crippen LogP contribution in [0.15, 0.2) is 60.7 Å². The fraction of sp³-hybridized carbons (Fsp3) is 0.235. The second-order valence-corrected chi connectivity index (χ2v) is 4.61. The number of benzene rings is 2. The van der Waals surface area contributed by atoms with Gasteiger partial charge in [-0.15, -0.1) is 0 Å². The van der Waals surface area contributed by atoms with Crippen LogP contribution < -0.4 is 0 Å². The predicted octanol–water partition coefficient (Wildman–Crippen LogP) is 3.77. The van der Waals surface area contributed by atoms with Crippen LogP contribution in [0.2, 0.25) is 0 Å². The van der Waals surface area contributed by atoms with Gasteiger partial charge >= 0.3 is 0 Å². The molecule has 0 heterocycles. The van der Waals surface area contributed by atoms with Gasteiger partial charge in [0, 0.05) is 12.0 Å². The van der Waals surface area contributed by atoms with Crippen molar-refractivity contribution in [3.63, 3.8) is 0 Å². The third-order valence-electron chi connectivity index (χ3n) is 3.16. The number of aliphatic hydroxyl groups excluding tert-OH is 1. The normalized spacial score (nSPS) is 12.1. The van der Waals surface area contributed by atoms with Crippen LogP contribution in [0.25, 0.3) is 0 Å². The second-order valence-electron chi connectivity index (χ2n) is 4.61. The van der Waals surface area contributed by atoms with Gasteiger partial charge in [-0.25, -0.2) is 0 Å². The number of rotatable bonds is 6. The van der Waals surface area contributed by atoms with E-state index in [4.69, 9.17) is 0 Å². The Morgan fingerprint density at radius 2 is 1.53 bits per heavy atom. The molecule has 2 aromatic rings. The van der Waals surface area contributed by atoms with Gasteiger partial charge in [0.25, 0.3) is 0 Å². The highest BCUT2D eigenvalue weighted by atomic mass is 16.3. The van der Waals surface area contributed by atoms with Gasteiger partial charge in [0.15, 0.2) is 5.78 Å². The molecule has 0 saturated carbocycles.